The summed E-state index contributed by atoms with van der Waals surface area (Å²) in [4.78, 5) is 24.5. The van der Waals surface area contributed by atoms with E-state index in [1.165, 1.54) is 46.4 Å². The molecule has 0 aromatic heterocycles. The second-order valence-corrected chi connectivity index (χ2v) is 9.97. The smallest absolute Gasteiger partial charge is 0.282 e. The van der Waals surface area contributed by atoms with E-state index in [1.807, 2.05) is 0 Å². The van der Waals surface area contributed by atoms with Crippen molar-refractivity contribution in [1.82, 2.24) is 4.31 Å². The van der Waals surface area contributed by atoms with Crippen LogP contribution in [0.15, 0.2) is 46.2 Å². The molecular formula is C21H25N3O6S2. The van der Waals surface area contributed by atoms with Crippen LogP contribution in [0.1, 0.15) is 36.5 Å². The summed E-state index contributed by atoms with van der Waals surface area (Å²) in [7, 11) is -3.73. The Labute approximate surface area is 191 Å². The van der Waals surface area contributed by atoms with Crippen molar-refractivity contribution in [3.8, 4) is 5.75 Å². The van der Waals surface area contributed by atoms with Crippen LogP contribution < -0.4 is 10.1 Å². The Morgan fingerprint density at radius 1 is 1.19 bits per heavy atom. The highest BCUT2D eigenvalue weighted by Gasteiger charge is 2.28. The number of benzene rings is 2. The van der Waals surface area contributed by atoms with Gasteiger partial charge in [-0.05, 0) is 56.4 Å². The minimum atomic E-state index is -3.73. The standard InChI is InChI=1S/C21H25N3O6S2/c1-3-30-20-10-8-16(32(28,29)23-11-5-4-6-12-23)14-18(20)22-21(25)17-13-15(31-2)7-9-19(17)24(26)27/h7-10,13-14H,3-6,11-12H2,1-2H3,(H,22,25). The molecule has 1 heterocycles. The third kappa shape index (κ3) is 5.22. The van der Waals surface area contributed by atoms with Gasteiger partial charge in [-0.15, -0.1) is 11.8 Å². The summed E-state index contributed by atoms with van der Waals surface area (Å²) < 4.78 is 33.1. The molecule has 0 atom stereocenters. The van der Waals surface area contributed by atoms with Crippen LogP contribution in [-0.4, -0.2) is 49.5 Å². The fraction of sp³-hybridized carbons (Fsp3) is 0.381. The van der Waals surface area contributed by atoms with E-state index in [4.69, 9.17) is 4.74 Å². The fourth-order valence-electron chi connectivity index (χ4n) is 3.48. The van der Waals surface area contributed by atoms with Crippen LogP contribution >= 0.6 is 11.8 Å². The normalized spacial score (nSPS) is 14.7. The molecule has 9 nitrogen and oxygen atoms in total. The third-order valence-corrected chi connectivity index (χ3v) is 7.72. The maximum absolute atomic E-state index is 13.1. The number of nitrogens with zero attached hydrogens (tertiary/aromatic N) is 2. The highest BCUT2D eigenvalue weighted by Crippen LogP contribution is 2.32. The maximum atomic E-state index is 13.1. The van der Waals surface area contributed by atoms with Gasteiger partial charge in [0.25, 0.3) is 11.6 Å². The minimum absolute atomic E-state index is 0.0329. The fourth-order valence-corrected chi connectivity index (χ4v) is 5.46. The van der Waals surface area contributed by atoms with Gasteiger partial charge in [0.15, 0.2) is 0 Å². The Morgan fingerprint density at radius 3 is 2.53 bits per heavy atom. The number of ether oxygens (including phenoxy) is 1. The number of carbonyl (C=O) groups excluding carboxylic acids is 1. The molecule has 1 fully saturated rings. The summed E-state index contributed by atoms with van der Waals surface area (Å²) in [6.07, 6.45) is 4.39. The molecule has 2 aromatic carbocycles. The average molecular weight is 480 g/mol. The first-order valence-corrected chi connectivity index (χ1v) is 12.8. The number of carbonyl (C=O) groups is 1. The lowest BCUT2D eigenvalue weighted by molar-refractivity contribution is -0.385. The number of nitro groups is 1. The van der Waals surface area contributed by atoms with Crippen LogP contribution in [0.2, 0.25) is 0 Å². The molecule has 1 N–H and O–H groups in total. The van der Waals surface area contributed by atoms with Gasteiger partial charge in [-0.2, -0.15) is 4.31 Å². The molecule has 172 valence electrons. The Morgan fingerprint density at radius 2 is 1.91 bits per heavy atom. The lowest BCUT2D eigenvalue weighted by Gasteiger charge is -2.26. The van der Waals surface area contributed by atoms with Gasteiger partial charge in [0.05, 0.1) is 22.1 Å². The van der Waals surface area contributed by atoms with Crippen molar-refractivity contribution < 1.29 is 22.9 Å². The predicted octanol–water partition coefficient (Wildman–Crippen LogP) is 4.14. The number of amides is 1. The average Bonchev–Trinajstić information content (AvgIpc) is 2.80. The Balaban J connectivity index is 1.99. The number of thioether (sulfide) groups is 1. The molecule has 1 aliphatic heterocycles. The van der Waals surface area contributed by atoms with E-state index in [-0.39, 0.29) is 27.6 Å². The van der Waals surface area contributed by atoms with Crippen LogP contribution in [-0.2, 0) is 10.0 Å². The number of hydrogen-bond donors (Lipinski definition) is 1. The number of piperidine rings is 1. The van der Waals surface area contributed by atoms with E-state index in [1.54, 1.807) is 19.2 Å². The minimum Gasteiger partial charge on any atom is -0.492 e. The summed E-state index contributed by atoms with van der Waals surface area (Å²) in [6.45, 7) is 2.95. The highest BCUT2D eigenvalue weighted by molar-refractivity contribution is 7.98. The molecule has 2 aromatic rings. The van der Waals surface area contributed by atoms with Gasteiger partial charge >= 0.3 is 0 Å². The molecule has 0 radical (unpaired) electrons. The summed E-state index contributed by atoms with van der Waals surface area (Å²) in [5.74, 6) is -0.441. The summed E-state index contributed by atoms with van der Waals surface area (Å²) in [6, 6.07) is 8.56. The van der Waals surface area contributed by atoms with Crippen molar-refractivity contribution in [2.75, 3.05) is 31.3 Å². The molecule has 1 saturated heterocycles. The van der Waals surface area contributed by atoms with Gasteiger partial charge in [-0.1, -0.05) is 6.42 Å². The second kappa shape index (κ2) is 10.3. The largest absolute Gasteiger partial charge is 0.492 e. The van der Waals surface area contributed by atoms with E-state index in [2.05, 4.69) is 5.32 Å². The molecule has 0 aliphatic carbocycles. The Hall–Kier alpha value is -2.63. The number of sulfonamides is 1. The van der Waals surface area contributed by atoms with Crippen LogP contribution in [0.25, 0.3) is 0 Å². The zero-order chi connectivity index (χ0) is 23.3. The van der Waals surface area contributed by atoms with Crippen LogP contribution in [0.4, 0.5) is 11.4 Å². The molecule has 1 aliphatic rings. The van der Waals surface area contributed by atoms with E-state index in [0.29, 0.717) is 24.6 Å². The van der Waals surface area contributed by atoms with Crippen LogP contribution in [0.3, 0.4) is 0 Å². The van der Waals surface area contributed by atoms with Crippen molar-refractivity contribution >= 4 is 39.1 Å². The van der Waals surface area contributed by atoms with Gasteiger partial charge in [0.2, 0.25) is 10.0 Å². The Kier molecular flexibility index (Phi) is 7.75. The topological polar surface area (TPSA) is 119 Å². The monoisotopic (exact) mass is 479 g/mol. The second-order valence-electron chi connectivity index (χ2n) is 7.15. The number of nitro benzene ring substituents is 1. The molecule has 32 heavy (non-hydrogen) atoms. The van der Waals surface area contributed by atoms with E-state index in [9.17, 15) is 23.3 Å². The first-order chi connectivity index (χ1) is 15.3. The van der Waals surface area contributed by atoms with E-state index >= 15 is 0 Å². The third-order valence-electron chi connectivity index (χ3n) is 5.10. The van der Waals surface area contributed by atoms with Gasteiger partial charge in [-0.25, -0.2) is 8.42 Å². The summed E-state index contributed by atoms with van der Waals surface area (Å²) >= 11 is 1.35. The molecule has 1 amide bonds. The van der Waals surface area contributed by atoms with E-state index < -0.39 is 20.9 Å². The Bertz CT molecular complexity index is 1110. The molecule has 0 spiro atoms. The van der Waals surface area contributed by atoms with Gasteiger partial charge in [-0.3, -0.25) is 14.9 Å². The number of rotatable bonds is 8. The first kappa shape index (κ1) is 24.0. The number of anilines is 1. The molecule has 0 unspecified atom stereocenters. The summed E-state index contributed by atoms with van der Waals surface area (Å²) in [5.41, 5.74) is -0.317. The van der Waals surface area contributed by atoms with Crippen LogP contribution in [0.5, 0.6) is 5.75 Å². The van der Waals surface area contributed by atoms with Gasteiger partial charge < -0.3 is 10.1 Å². The predicted molar refractivity (Wildman–Crippen MR) is 123 cm³/mol. The van der Waals surface area contributed by atoms with Crippen molar-refractivity contribution in [2.45, 2.75) is 36.0 Å². The zero-order valence-corrected chi connectivity index (χ0v) is 19.5. The molecule has 3 rings (SSSR count). The van der Waals surface area contributed by atoms with Gasteiger partial charge in [0, 0.05) is 24.1 Å². The summed E-state index contributed by atoms with van der Waals surface area (Å²) in [5, 5.41) is 14.0. The SMILES string of the molecule is CCOc1ccc(S(=O)(=O)N2CCCCC2)cc1NC(=O)c1cc(SC)ccc1[N+](=O)[O-]. The molecule has 11 heteroatoms. The van der Waals surface area contributed by atoms with E-state index in [0.717, 1.165) is 19.3 Å². The van der Waals surface area contributed by atoms with Crippen molar-refractivity contribution in [3.05, 3.63) is 52.1 Å². The number of nitrogens with one attached hydrogen (secondary N) is 1. The molecule has 0 bridgehead atoms. The zero-order valence-electron chi connectivity index (χ0n) is 17.9. The van der Waals surface area contributed by atoms with Crippen molar-refractivity contribution in [2.24, 2.45) is 0 Å². The first-order valence-electron chi connectivity index (χ1n) is 10.2. The number of hydrogen-bond acceptors (Lipinski definition) is 7. The lowest BCUT2D eigenvalue weighted by atomic mass is 10.1. The maximum Gasteiger partial charge on any atom is 0.282 e. The quantitative estimate of drug-likeness (QED) is 0.343. The molecular weight excluding hydrogens is 454 g/mol. The van der Waals surface area contributed by atoms with Gasteiger partial charge in [0.1, 0.15) is 11.3 Å². The van der Waals surface area contributed by atoms with Crippen molar-refractivity contribution in [3.63, 3.8) is 0 Å². The van der Waals surface area contributed by atoms with Crippen LogP contribution in [0, 0.1) is 10.1 Å². The molecule has 0 saturated carbocycles. The lowest BCUT2D eigenvalue weighted by Crippen LogP contribution is -2.35. The highest BCUT2D eigenvalue weighted by atomic mass is 32.2. The van der Waals surface area contributed by atoms with Crippen molar-refractivity contribution in [1.29, 1.82) is 0 Å².